The molecule has 0 N–H and O–H groups in total. The van der Waals surface area contributed by atoms with E-state index in [1.807, 2.05) is 90.8 Å². The fourth-order valence-electron chi connectivity index (χ4n) is 3.82. The number of aryl methyl sites for hydroxylation is 1. The molecule has 0 spiro atoms. The molecule has 4 nitrogen and oxygen atoms in total. The average molecular weight is 633 g/mol. The van der Waals surface area contributed by atoms with Gasteiger partial charge in [0.1, 0.15) is 12.6 Å². The first-order chi connectivity index (χ1) is 17.1. The highest BCUT2D eigenvalue weighted by molar-refractivity contribution is 6.18. The second-order valence-electron chi connectivity index (χ2n) is 8.17. The fraction of sp³-hybridized carbons (Fsp3) is 0.172. The minimum absolute atomic E-state index is 0. The lowest BCUT2D eigenvalue weighted by atomic mass is 10.0. The standard InChI is InChI=1S/C29H27Cl2N2O2.HI/c1-32-16-12-23(13-17-32)20-24(27-21-25-4-2-3-5-28(25)35-29(27)34)9-6-22-7-10-26(11-8-22)33(18-14-30)19-15-31;/h2-13,16-17,20-21H,14-15,18-19H2,1H3;1H/q+1;/p-1. The van der Waals surface area contributed by atoms with E-state index in [0.29, 0.717) is 22.9 Å². The second-order valence-corrected chi connectivity index (χ2v) is 8.93. The van der Waals surface area contributed by atoms with Gasteiger partial charge in [-0.3, -0.25) is 0 Å². The largest absolute Gasteiger partial charge is 1.00 e. The van der Waals surface area contributed by atoms with Crippen molar-refractivity contribution in [3.8, 4) is 0 Å². The molecule has 0 amide bonds. The summed E-state index contributed by atoms with van der Waals surface area (Å²) in [5.74, 6) is 1.08. The number of nitrogens with zero attached hydrogens (tertiary/aromatic N) is 2. The average Bonchev–Trinajstić information content (AvgIpc) is 2.87. The summed E-state index contributed by atoms with van der Waals surface area (Å²) >= 11 is 11.9. The topological polar surface area (TPSA) is 37.3 Å². The van der Waals surface area contributed by atoms with Gasteiger partial charge in [-0.15, -0.1) is 23.2 Å². The van der Waals surface area contributed by atoms with Crippen molar-refractivity contribution in [1.29, 1.82) is 0 Å². The predicted octanol–water partition coefficient (Wildman–Crippen LogP) is 3.16. The Kier molecular flexibility index (Phi) is 10.6. The molecule has 0 atom stereocenters. The summed E-state index contributed by atoms with van der Waals surface area (Å²) in [7, 11) is 1.97. The molecule has 36 heavy (non-hydrogen) atoms. The molecular formula is C29H27Cl2IN2O2. The van der Waals surface area contributed by atoms with Crippen LogP contribution in [-0.2, 0) is 7.05 Å². The van der Waals surface area contributed by atoms with Crippen LogP contribution in [0.4, 0.5) is 5.69 Å². The van der Waals surface area contributed by atoms with E-state index in [-0.39, 0.29) is 29.6 Å². The number of rotatable bonds is 9. The highest BCUT2D eigenvalue weighted by atomic mass is 127. The molecule has 186 valence electrons. The van der Waals surface area contributed by atoms with E-state index < -0.39 is 0 Å². The van der Waals surface area contributed by atoms with Gasteiger partial charge in [-0.2, -0.15) is 0 Å². The number of benzene rings is 2. The molecule has 4 aromatic rings. The number of fused-ring (bicyclic) bond motifs is 1. The molecule has 0 bridgehead atoms. The van der Waals surface area contributed by atoms with Crippen LogP contribution < -0.4 is 39.1 Å². The van der Waals surface area contributed by atoms with Crippen molar-refractivity contribution in [2.75, 3.05) is 29.7 Å². The Morgan fingerprint density at radius 1 is 0.944 bits per heavy atom. The Hall–Kier alpha value is -2.61. The van der Waals surface area contributed by atoms with E-state index in [1.54, 1.807) is 6.07 Å². The first-order valence-electron chi connectivity index (χ1n) is 11.4. The predicted molar refractivity (Wildman–Crippen MR) is 147 cm³/mol. The van der Waals surface area contributed by atoms with Crippen LogP contribution in [0.25, 0.3) is 28.7 Å². The number of hydrogen-bond donors (Lipinski definition) is 0. The van der Waals surface area contributed by atoms with E-state index in [4.69, 9.17) is 27.6 Å². The van der Waals surface area contributed by atoms with Crippen molar-refractivity contribution in [2.24, 2.45) is 7.05 Å². The van der Waals surface area contributed by atoms with Crippen molar-refractivity contribution in [3.63, 3.8) is 0 Å². The van der Waals surface area contributed by atoms with Gasteiger partial charge in [0.05, 0.1) is 5.56 Å². The van der Waals surface area contributed by atoms with Crippen molar-refractivity contribution in [2.45, 2.75) is 0 Å². The highest BCUT2D eigenvalue weighted by Crippen LogP contribution is 2.23. The Morgan fingerprint density at radius 2 is 1.61 bits per heavy atom. The maximum atomic E-state index is 12.9. The Bertz CT molecular complexity index is 1390. The Morgan fingerprint density at radius 3 is 2.28 bits per heavy atom. The van der Waals surface area contributed by atoms with E-state index >= 15 is 0 Å². The monoisotopic (exact) mass is 632 g/mol. The van der Waals surface area contributed by atoms with Crippen molar-refractivity contribution in [1.82, 2.24) is 0 Å². The molecule has 0 radical (unpaired) electrons. The third-order valence-electron chi connectivity index (χ3n) is 5.70. The molecule has 0 aliphatic heterocycles. The highest BCUT2D eigenvalue weighted by Gasteiger charge is 2.10. The molecule has 0 unspecified atom stereocenters. The number of halogens is 3. The normalized spacial score (nSPS) is 11.6. The third-order valence-corrected chi connectivity index (χ3v) is 6.04. The quantitative estimate of drug-likeness (QED) is 0.0936. The number of anilines is 1. The number of aromatic nitrogens is 1. The van der Waals surface area contributed by atoms with Gasteiger partial charge in [0.2, 0.25) is 0 Å². The van der Waals surface area contributed by atoms with Crippen LogP contribution in [0.2, 0.25) is 0 Å². The molecule has 0 aliphatic rings. The molecule has 2 aromatic heterocycles. The van der Waals surface area contributed by atoms with Gasteiger partial charge in [0.15, 0.2) is 12.4 Å². The Balaban J connectivity index is 0.00000361. The number of alkyl halides is 2. The number of para-hydroxylation sites is 1. The summed E-state index contributed by atoms with van der Waals surface area (Å²) in [6, 6.07) is 21.6. The minimum Gasteiger partial charge on any atom is -1.00 e. The number of pyridine rings is 1. The lowest BCUT2D eigenvalue weighted by Crippen LogP contribution is -3.00. The lowest BCUT2D eigenvalue weighted by Gasteiger charge is -2.22. The summed E-state index contributed by atoms with van der Waals surface area (Å²) in [5, 5.41) is 0.879. The first-order valence-corrected chi connectivity index (χ1v) is 12.5. The van der Waals surface area contributed by atoms with Crippen LogP contribution >= 0.6 is 23.2 Å². The number of allylic oxidation sites excluding steroid dienone is 2. The van der Waals surface area contributed by atoms with Crippen LogP contribution in [0.15, 0.2) is 94.4 Å². The zero-order valence-corrected chi connectivity index (χ0v) is 23.6. The molecule has 0 saturated carbocycles. The molecule has 0 aliphatic carbocycles. The van der Waals surface area contributed by atoms with Crippen LogP contribution in [0.1, 0.15) is 16.7 Å². The molecule has 7 heteroatoms. The van der Waals surface area contributed by atoms with Gasteiger partial charge < -0.3 is 33.3 Å². The summed E-state index contributed by atoms with van der Waals surface area (Å²) in [4.78, 5) is 15.1. The van der Waals surface area contributed by atoms with E-state index in [9.17, 15) is 4.79 Å². The molecule has 4 rings (SSSR count). The minimum atomic E-state index is -0.366. The molecule has 2 aromatic carbocycles. The van der Waals surface area contributed by atoms with Crippen molar-refractivity contribution >= 4 is 57.6 Å². The van der Waals surface area contributed by atoms with E-state index in [1.165, 1.54) is 0 Å². The van der Waals surface area contributed by atoms with Gasteiger partial charge in [-0.1, -0.05) is 42.5 Å². The summed E-state index contributed by atoms with van der Waals surface area (Å²) in [5.41, 5.74) is 4.57. The van der Waals surface area contributed by atoms with Crippen molar-refractivity contribution in [3.05, 3.63) is 112 Å². The summed E-state index contributed by atoms with van der Waals surface area (Å²) < 4.78 is 7.58. The van der Waals surface area contributed by atoms with E-state index in [2.05, 4.69) is 17.0 Å². The maximum absolute atomic E-state index is 12.9. The third kappa shape index (κ3) is 7.21. The van der Waals surface area contributed by atoms with E-state index in [0.717, 1.165) is 40.9 Å². The summed E-state index contributed by atoms with van der Waals surface area (Å²) in [6.45, 7) is 1.48. The molecule has 0 saturated heterocycles. The molecular weight excluding hydrogens is 606 g/mol. The lowest BCUT2D eigenvalue weighted by molar-refractivity contribution is -0.671. The van der Waals surface area contributed by atoms with Crippen LogP contribution in [0, 0.1) is 0 Å². The van der Waals surface area contributed by atoms with Gasteiger partial charge in [-0.05, 0) is 47.0 Å². The van der Waals surface area contributed by atoms with Gasteiger partial charge in [-0.25, -0.2) is 9.36 Å². The Labute approximate surface area is 238 Å². The number of hydrogen-bond acceptors (Lipinski definition) is 3. The molecule has 0 fully saturated rings. The van der Waals surface area contributed by atoms with Gasteiger partial charge in [0.25, 0.3) is 0 Å². The van der Waals surface area contributed by atoms with Crippen LogP contribution in [-0.4, -0.2) is 24.8 Å². The summed E-state index contributed by atoms with van der Waals surface area (Å²) in [6.07, 6.45) is 9.90. The zero-order chi connectivity index (χ0) is 24.6. The smallest absolute Gasteiger partial charge is 0.344 e. The second kappa shape index (κ2) is 13.6. The van der Waals surface area contributed by atoms with Gasteiger partial charge >= 0.3 is 5.63 Å². The van der Waals surface area contributed by atoms with Gasteiger partial charge in [0, 0.05) is 48.1 Å². The van der Waals surface area contributed by atoms with Crippen molar-refractivity contribution < 1.29 is 33.0 Å². The van der Waals surface area contributed by atoms with Crippen LogP contribution in [0.3, 0.4) is 0 Å². The fourth-order valence-corrected chi connectivity index (χ4v) is 4.23. The first kappa shape index (κ1) is 28.0. The zero-order valence-electron chi connectivity index (χ0n) is 19.9. The van der Waals surface area contributed by atoms with Crippen LogP contribution in [0.5, 0.6) is 0 Å². The SMILES string of the molecule is C[n+]1ccc(/C=C(\C=C\c2ccc(N(CCCl)CCCl)cc2)c2cc3ccccc3oc2=O)cc1.[I-]. The maximum Gasteiger partial charge on any atom is 0.344 e. The molecule has 2 heterocycles.